The number of rotatable bonds is 2. The van der Waals surface area contributed by atoms with Crippen LogP contribution in [0.25, 0.3) is 0 Å². The van der Waals surface area contributed by atoms with Crippen LogP contribution in [0.5, 0.6) is 0 Å². The van der Waals surface area contributed by atoms with Crippen LogP contribution in [0.1, 0.15) is 34.7 Å². The number of fused-ring (bicyclic) bond motifs is 1. The second kappa shape index (κ2) is 5.54. The number of aromatic nitrogens is 1. The summed E-state index contributed by atoms with van der Waals surface area (Å²) < 4.78 is 5.32. The zero-order chi connectivity index (χ0) is 14.1. The Hall–Kier alpha value is -1.40. The maximum Gasteiger partial charge on any atom is 0.276 e. The SMILES string of the molecule is CN1CCN(C(=O)c2noc3c2CCCC3)C[C@@H]1CO. The number of aliphatic hydroxyl groups is 1. The van der Waals surface area contributed by atoms with Crippen molar-refractivity contribution in [2.24, 2.45) is 0 Å². The van der Waals surface area contributed by atoms with Gasteiger partial charge in [0.25, 0.3) is 5.91 Å². The molecule has 0 bridgehead atoms. The molecule has 1 atom stereocenters. The third-order valence-corrected chi connectivity index (χ3v) is 4.43. The molecule has 1 aliphatic heterocycles. The monoisotopic (exact) mass is 279 g/mol. The molecule has 0 spiro atoms. The minimum Gasteiger partial charge on any atom is -0.395 e. The van der Waals surface area contributed by atoms with E-state index < -0.39 is 0 Å². The minimum absolute atomic E-state index is 0.00965. The number of hydrogen-bond acceptors (Lipinski definition) is 5. The number of aryl methyl sites for hydroxylation is 1. The molecular formula is C14H21N3O3. The number of likely N-dealkylation sites (N-methyl/N-ethyl adjacent to an activating group) is 1. The fourth-order valence-electron chi connectivity index (χ4n) is 3.03. The lowest BCUT2D eigenvalue weighted by Crippen LogP contribution is -2.54. The molecule has 0 aromatic carbocycles. The molecule has 1 aliphatic carbocycles. The van der Waals surface area contributed by atoms with Gasteiger partial charge in [0.15, 0.2) is 5.69 Å². The molecule has 1 saturated heterocycles. The Morgan fingerprint density at radius 1 is 1.40 bits per heavy atom. The Morgan fingerprint density at radius 2 is 2.20 bits per heavy atom. The molecule has 6 nitrogen and oxygen atoms in total. The van der Waals surface area contributed by atoms with Crippen LogP contribution in [0.2, 0.25) is 0 Å². The molecule has 2 heterocycles. The molecule has 1 aromatic heterocycles. The number of nitrogens with zero attached hydrogens (tertiary/aromatic N) is 3. The van der Waals surface area contributed by atoms with Crippen molar-refractivity contribution in [1.29, 1.82) is 0 Å². The first kappa shape index (κ1) is 13.6. The normalized spacial score (nSPS) is 23.7. The zero-order valence-corrected chi connectivity index (χ0v) is 11.8. The van der Waals surface area contributed by atoms with Gasteiger partial charge in [-0.05, 0) is 26.3 Å². The number of hydrogen-bond donors (Lipinski definition) is 1. The number of carbonyl (C=O) groups is 1. The van der Waals surface area contributed by atoms with Gasteiger partial charge in [-0.15, -0.1) is 0 Å². The van der Waals surface area contributed by atoms with E-state index in [4.69, 9.17) is 4.52 Å². The Labute approximate surface area is 118 Å². The number of aliphatic hydroxyl groups excluding tert-OH is 1. The lowest BCUT2D eigenvalue weighted by molar-refractivity contribution is 0.0412. The van der Waals surface area contributed by atoms with Crippen LogP contribution in [0, 0.1) is 0 Å². The summed E-state index contributed by atoms with van der Waals surface area (Å²) in [4.78, 5) is 16.5. The third-order valence-electron chi connectivity index (χ3n) is 4.43. The first-order chi connectivity index (χ1) is 9.70. The average Bonchev–Trinajstić information content (AvgIpc) is 2.91. The van der Waals surface area contributed by atoms with Gasteiger partial charge in [0, 0.05) is 31.6 Å². The Kier molecular flexibility index (Phi) is 3.76. The second-order valence-electron chi connectivity index (χ2n) is 5.71. The molecule has 110 valence electrons. The van der Waals surface area contributed by atoms with E-state index >= 15 is 0 Å². The summed E-state index contributed by atoms with van der Waals surface area (Å²) in [6.07, 6.45) is 3.97. The minimum atomic E-state index is -0.0524. The highest BCUT2D eigenvalue weighted by molar-refractivity contribution is 5.94. The van der Waals surface area contributed by atoms with E-state index in [0.717, 1.165) is 43.6 Å². The topological polar surface area (TPSA) is 69.8 Å². The van der Waals surface area contributed by atoms with Crippen molar-refractivity contribution in [3.8, 4) is 0 Å². The van der Waals surface area contributed by atoms with Crippen molar-refractivity contribution >= 4 is 5.91 Å². The van der Waals surface area contributed by atoms with Crippen LogP contribution in [0.4, 0.5) is 0 Å². The van der Waals surface area contributed by atoms with Crippen molar-refractivity contribution in [3.63, 3.8) is 0 Å². The predicted octanol–water partition coefficient (Wildman–Crippen LogP) is 0.302. The first-order valence-electron chi connectivity index (χ1n) is 7.28. The van der Waals surface area contributed by atoms with Gasteiger partial charge < -0.3 is 14.5 Å². The highest BCUT2D eigenvalue weighted by Crippen LogP contribution is 2.25. The van der Waals surface area contributed by atoms with Gasteiger partial charge in [-0.3, -0.25) is 9.69 Å². The largest absolute Gasteiger partial charge is 0.395 e. The molecule has 20 heavy (non-hydrogen) atoms. The molecule has 3 rings (SSSR count). The lowest BCUT2D eigenvalue weighted by atomic mass is 9.96. The predicted molar refractivity (Wildman–Crippen MR) is 72.6 cm³/mol. The fourth-order valence-corrected chi connectivity index (χ4v) is 3.03. The number of amides is 1. The van der Waals surface area contributed by atoms with Crippen LogP contribution < -0.4 is 0 Å². The number of piperazine rings is 1. The standard InChI is InChI=1S/C14H21N3O3/c1-16-6-7-17(8-10(16)9-18)14(19)13-11-4-2-3-5-12(11)20-15-13/h10,18H,2-9H2,1H3/t10-/m1/s1. The maximum atomic E-state index is 12.6. The van der Waals surface area contributed by atoms with Gasteiger partial charge in [0.05, 0.1) is 12.6 Å². The Bertz CT molecular complexity index is 500. The van der Waals surface area contributed by atoms with E-state index in [-0.39, 0.29) is 18.6 Å². The highest BCUT2D eigenvalue weighted by Gasteiger charge is 2.31. The van der Waals surface area contributed by atoms with Crippen LogP contribution in [0.3, 0.4) is 0 Å². The summed E-state index contributed by atoms with van der Waals surface area (Å²) in [6, 6.07) is 0.00965. The van der Waals surface area contributed by atoms with E-state index in [1.54, 1.807) is 4.90 Å². The third kappa shape index (κ3) is 2.33. The molecule has 1 fully saturated rings. The van der Waals surface area contributed by atoms with E-state index in [1.165, 1.54) is 0 Å². The van der Waals surface area contributed by atoms with Gasteiger partial charge >= 0.3 is 0 Å². The number of carbonyl (C=O) groups excluding carboxylic acids is 1. The summed E-state index contributed by atoms with van der Waals surface area (Å²) in [5.74, 6) is 0.830. The van der Waals surface area contributed by atoms with Crippen molar-refractivity contribution < 1.29 is 14.4 Å². The Balaban J connectivity index is 1.77. The highest BCUT2D eigenvalue weighted by atomic mass is 16.5. The molecule has 1 aromatic rings. The molecule has 0 radical (unpaired) electrons. The summed E-state index contributed by atoms with van der Waals surface area (Å²) in [7, 11) is 1.97. The van der Waals surface area contributed by atoms with Gasteiger partial charge in [-0.25, -0.2) is 0 Å². The second-order valence-corrected chi connectivity index (χ2v) is 5.71. The van der Waals surface area contributed by atoms with Crippen molar-refractivity contribution in [1.82, 2.24) is 15.0 Å². The van der Waals surface area contributed by atoms with Gasteiger partial charge in [0.2, 0.25) is 0 Å². The average molecular weight is 279 g/mol. The Morgan fingerprint density at radius 3 is 3.00 bits per heavy atom. The summed E-state index contributed by atoms with van der Waals surface area (Å²) >= 11 is 0. The van der Waals surface area contributed by atoms with Crippen LogP contribution >= 0.6 is 0 Å². The quantitative estimate of drug-likeness (QED) is 0.843. The molecule has 0 saturated carbocycles. The molecular weight excluding hydrogens is 258 g/mol. The van der Waals surface area contributed by atoms with Crippen molar-refractivity contribution in [2.75, 3.05) is 33.3 Å². The molecule has 6 heteroatoms. The van der Waals surface area contributed by atoms with Gasteiger partial charge in [-0.2, -0.15) is 0 Å². The molecule has 1 amide bonds. The van der Waals surface area contributed by atoms with Crippen LogP contribution in [-0.4, -0.2) is 65.3 Å². The van der Waals surface area contributed by atoms with E-state index in [0.29, 0.717) is 18.8 Å². The van der Waals surface area contributed by atoms with E-state index in [1.807, 2.05) is 7.05 Å². The van der Waals surface area contributed by atoms with Crippen molar-refractivity contribution in [2.45, 2.75) is 31.7 Å². The summed E-state index contributed by atoms with van der Waals surface area (Å²) in [5.41, 5.74) is 1.49. The van der Waals surface area contributed by atoms with Crippen LogP contribution in [0.15, 0.2) is 4.52 Å². The summed E-state index contributed by atoms with van der Waals surface area (Å²) in [5, 5.41) is 13.4. The maximum absolute atomic E-state index is 12.6. The fraction of sp³-hybridized carbons (Fsp3) is 0.714. The zero-order valence-electron chi connectivity index (χ0n) is 11.8. The van der Waals surface area contributed by atoms with Crippen molar-refractivity contribution in [3.05, 3.63) is 17.0 Å². The van der Waals surface area contributed by atoms with E-state index in [2.05, 4.69) is 10.1 Å². The van der Waals surface area contributed by atoms with Gasteiger partial charge in [-0.1, -0.05) is 5.16 Å². The van der Waals surface area contributed by atoms with Crippen LogP contribution in [-0.2, 0) is 12.8 Å². The molecule has 2 aliphatic rings. The van der Waals surface area contributed by atoms with Gasteiger partial charge in [0.1, 0.15) is 5.76 Å². The smallest absolute Gasteiger partial charge is 0.276 e. The summed E-state index contributed by atoms with van der Waals surface area (Å²) in [6.45, 7) is 2.06. The van der Waals surface area contributed by atoms with E-state index in [9.17, 15) is 9.90 Å². The molecule has 0 unspecified atom stereocenters. The molecule has 1 N–H and O–H groups in total. The lowest BCUT2D eigenvalue weighted by Gasteiger charge is -2.38. The first-order valence-corrected chi connectivity index (χ1v) is 7.28.